The number of fused-ring (bicyclic) bond motifs is 1. The third-order valence-corrected chi connectivity index (χ3v) is 4.72. The topological polar surface area (TPSA) is 159 Å². The molecule has 162 valence electrons. The van der Waals surface area contributed by atoms with E-state index in [1.54, 1.807) is 18.2 Å². The van der Waals surface area contributed by atoms with Gasteiger partial charge in [0.2, 0.25) is 18.4 Å². The molecule has 1 aromatic carbocycles. The Morgan fingerprint density at radius 2 is 2.10 bits per heavy atom. The number of hydrazone groups is 1. The van der Waals surface area contributed by atoms with E-state index in [9.17, 15) is 4.79 Å². The summed E-state index contributed by atoms with van der Waals surface area (Å²) in [5, 5.41) is 19.4. The van der Waals surface area contributed by atoms with Gasteiger partial charge in [0.25, 0.3) is 5.91 Å². The second kappa shape index (κ2) is 8.79. The van der Waals surface area contributed by atoms with Gasteiger partial charge < -0.3 is 15.2 Å². The van der Waals surface area contributed by atoms with E-state index < -0.39 is 5.91 Å². The van der Waals surface area contributed by atoms with Crippen molar-refractivity contribution in [2.24, 2.45) is 5.10 Å². The quantitative estimate of drug-likeness (QED) is 0.384. The number of nitrogens with one attached hydrogen (secondary N) is 1. The van der Waals surface area contributed by atoms with Crippen molar-refractivity contribution >= 4 is 17.9 Å². The van der Waals surface area contributed by atoms with Crippen LogP contribution in [-0.4, -0.2) is 62.2 Å². The van der Waals surface area contributed by atoms with Gasteiger partial charge in [-0.3, -0.25) is 9.69 Å². The molecule has 0 saturated carbocycles. The van der Waals surface area contributed by atoms with E-state index in [4.69, 9.17) is 15.2 Å². The van der Waals surface area contributed by atoms with Gasteiger partial charge in [-0.15, -0.1) is 5.10 Å². The van der Waals surface area contributed by atoms with Gasteiger partial charge in [0.1, 0.15) is 0 Å². The van der Waals surface area contributed by atoms with Gasteiger partial charge >= 0.3 is 0 Å². The first-order chi connectivity index (χ1) is 15.1. The second-order valence-electron chi connectivity index (χ2n) is 6.54. The molecule has 4 rings (SSSR count). The zero-order valence-electron chi connectivity index (χ0n) is 17.0. The molecule has 3 aromatic rings. The van der Waals surface area contributed by atoms with Crippen LogP contribution in [0.1, 0.15) is 35.6 Å². The number of nitrogens with two attached hydrogens (primary N) is 1. The Morgan fingerprint density at radius 1 is 1.29 bits per heavy atom. The Labute approximate surface area is 176 Å². The first-order valence-electron chi connectivity index (χ1n) is 9.59. The van der Waals surface area contributed by atoms with E-state index in [0.29, 0.717) is 23.7 Å². The van der Waals surface area contributed by atoms with Crippen LogP contribution in [0.2, 0.25) is 0 Å². The zero-order chi connectivity index (χ0) is 21.8. The molecule has 1 aliphatic heterocycles. The summed E-state index contributed by atoms with van der Waals surface area (Å²) in [6.45, 7) is 6.12. The van der Waals surface area contributed by atoms with Crippen LogP contribution < -0.4 is 20.6 Å². The molecule has 0 saturated heterocycles. The summed E-state index contributed by atoms with van der Waals surface area (Å²) in [7, 11) is 0. The lowest BCUT2D eigenvalue weighted by Gasteiger charge is -2.18. The van der Waals surface area contributed by atoms with Crippen molar-refractivity contribution in [1.29, 1.82) is 0 Å². The van der Waals surface area contributed by atoms with E-state index >= 15 is 0 Å². The fourth-order valence-electron chi connectivity index (χ4n) is 3.00. The fourth-order valence-corrected chi connectivity index (χ4v) is 3.00. The predicted octanol–water partition coefficient (Wildman–Crippen LogP) is 0.567. The number of amides is 1. The third-order valence-electron chi connectivity index (χ3n) is 4.72. The van der Waals surface area contributed by atoms with Crippen molar-refractivity contribution in [2.45, 2.75) is 20.4 Å². The summed E-state index contributed by atoms with van der Waals surface area (Å²) in [5.41, 5.74) is 9.58. The highest BCUT2D eigenvalue weighted by Crippen LogP contribution is 2.31. The van der Waals surface area contributed by atoms with Crippen molar-refractivity contribution in [3.05, 3.63) is 35.2 Å². The van der Waals surface area contributed by atoms with Gasteiger partial charge in [-0.1, -0.05) is 19.1 Å². The van der Waals surface area contributed by atoms with E-state index in [2.05, 4.69) is 40.7 Å². The molecular formula is C18H21N9O4. The van der Waals surface area contributed by atoms with Crippen LogP contribution in [0, 0.1) is 0 Å². The monoisotopic (exact) mass is 427 g/mol. The molecule has 31 heavy (non-hydrogen) atoms. The van der Waals surface area contributed by atoms with E-state index in [1.807, 2.05) is 13.8 Å². The maximum atomic E-state index is 12.8. The second-order valence-corrected chi connectivity index (χ2v) is 6.54. The van der Waals surface area contributed by atoms with Gasteiger partial charge in [-0.05, 0) is 47.2 Å². The molecule has 13 nitrogen and oxygen atoms in total. The van der Waals surface area contributed by atoms with Crippen LogP contribution in [-0.2, 0) is 6.54 Å². The van der Waals surface area contributed by atoms with Crippen LogP contribution in [0.15, 0.2) is 27.9 Å². The van der Waals surface area contributed by atoms with Crippen molar-refractivity contribution in [2.75, 3.05) is 25.6 Å². The van der Waals surface area contributed by atoms with E-state index in [1.165, 1.54) is 10.9 Å². The molecule has 0 spiro atoms. The van der Waals surface area contributed by atoms with Crippen LogP contribution in [0.3, 0.4) is 0 Å². The zero-order valence-corrected chi connectivity index (χ0v) is 17.0. The van der Waals surface area contributed by atoms with Gasteiger partial charge in [0, 0.05) is 6.54 Å². The average Bonchev–Trinajstić information content (AvgIpc) is 3.50. The molecule has 0 bridgehead atoms. The highest BCUT2D eigenvalue weighted by atomic mass is 16.7. The minimum Gasteiger partial charge on any atom is -0.454 e. The lowest BCUT2D eigenvalue weighted by atomic mass is 10.2. The van der Waals surface area contributed by atoms with Gasteiger partial charge in [0.05, 0.1) is 11.9 Å². The SMILES string of the molecule is CCN(CC)Cc1c(C(=O)N/N=C\c2ccc3c(c2)OCO3)nnn1-c1nonc1N. The Balaban J connectivity index is 1.55. The lowest BCUT2D eigenvalue weighted by Crippen LogP contribution is -2.27. The average molecular weight is 427 g/mol. The largest absolute Gasteiger partial charge is 0.454 e. The predicted molar refractivity (Wildman–Crippen MR) is 108 cm³/mol. The maximum absolute atomic E-state index is 12.8. The molecule has 1 amide bonds. The summed E-state index contributed by atoms with van der Waals surface area (Å²) in [5.74, 6) is 0.968. The fraction of sp³-hybridized carbons (Fsp3) is 0.333. The number of carbonyl (C=O) groups is 1. The number of nitrogens with zero attached hydrogens (tertiary/aromatic N) is 7. The number of benzene rings is 1. The minimum absolute atomic E-state index is 0.0403. The number of aromatic nitrogens is 5. The normalized spacial score (nSPS) is 12.7. The Hall–Kier alpha value is -4.00. The van der Waals surface area contributed by atoms with Crippen LogP contribution in [0.5, 0.6) is 11.5 Å². The summed E-state index contributed by atoms with van der Waals surface area (Å²) < 4.78 is 16.6. The standard InChI is InChI=1S/C18H21N9O4/c1-3-26(4-2)9-12-15(21-25-27(12)17-16(19)23-31-24-17)18(28)22-20-8-11-5-6-13-14(7-11)30-10-29-13/h5-8H,3-4,9-10H2,1-2H3,(H2,19,23)(H,22,28)/b20-8-. The molecule has 13 heteroatoms. The number of rotatable bonds is 8. The van der Waals surface area contributed by atoms with Crippen LogP contribution in [0.25, 0.3) is 5.82 Å². The number of anilines is 1. The molecule has 0 fully saturated rings. The van der Waals surface area contributed by atoms with Crippen molar-refractivity contribution in [1.82, 2.24) is 35.6 Å². The maximum Gasteiger partial charge on any atom is 0.293 e. The van der Waals surface area contributed by atoms with Crippen molar-refractivity contribution in [3.63, 3.8) is 0 Å². The minimum atomic E-state index is -0.527. The molecule has 0 radical (unpaired) electrons. The number of hydrogen-bond donors (Lipinski definition) is 2. The van der Waals surface area contributed by atoms with E-state index in [0.717, 1.165) is 18.7 Å². The van der Waals surface area contributed by atoms with Gasteiger partial charge in [-0.2, -0.15) is 9.78 Å². The Bertz CT molecular complexity index is 1100. The van der Waals surface area contributed by atoms with Gasteiger partial charge in [-0.25, -0.2) is 10.1 Å². The molecule has 3 N–H and O–H groups in total. The lowest BCUT2D eigenvalue weighted by molar-refractivity contribution is 0.0948. The summed E-state index contributed by atoms with van der Waals surface area (Å²) in [4.78, 5) is 14.9. The Kier molecular flexibility index (Phi) is 5.75. The first kappa shape index (κ1) is 20.3. The number of carbonyl (C=O) groups excluding carboxylic acids is 1. The summed E-state index contributed by atoms with van der Waals surface area (Å²) >= 11 is 0. The number of ether oxygens (including phenoxy) is 2. The van der Waals surface area contributed by atoms with Crippen molar-refractivity contribution < 1.29 is 18.9 Å². The molecule has 0 atom stereocenters. The first-order valence-corrected chi connectivity index (χ1v) is 9.59. The number of hydrogen-bond acceptors (Lipinski definition) is 11. The molecule has 3 heterocycles. The molecule has 0 aliphatic carbocycles. The summed E-state index contributed by atoms with van der Waals surface area (Å²) in [6, 6.07) is 5.33. The highest BCUT2D eigenvalue weighted by Gasteiger charge is 2.25. The smallest absolute Gasteiger partial charge is 0.293 e. The van der Waals surface area contributed by atoms with E-state index in [-0.39, 0.29) is 24.1 Å². The van der Waals surface area contributed by atoms with Gasteiger partial charge in [0.15, 0.2) is 17.2 Å². The van der Waals surface area contributed by atoms with Crippen molar-refractivity contribution in [3.8, 4) is 17.3 Å². The highest BCUT2D eigenvalue weighted by molar-refractivity contribution is 5.94. The number of nitrogen functional groups attached to an aromatic ring is 1. The third kappa shape index (κ3) is 4.16. The van der Waals surface area contributed by atoms with Crippen LogP contribution in [0.4, 0.5) is 5.82 Å². The summed E-state index contributed by atoms with van der Waals surface area (Å²) in [6.07, 6.45) is 1.49. The molecule has 2 aromatic heterocycles. The van der Waals surface area contributed by atoms with Crippen LogP contribution >= 0.6 is 0 Å². The molecule has 0 unspecified atom stereocenters. The Morgan fingerprint density at radius 3 is 2.84 bits per heavy atom. The molecular weight excluding hydrogens is 406 g/mol. The molecule has 1 aliphatic rings.